The first-order valence-corrected chi connectivity index (χ1v) is 6.81. The van der Waals surface area contributed by atoms with Crippen molar-refractivity contribution in [3.63, 3.8) is 0 Å². The van der Waals surface area contributed by atoms with Crippen LogP contribution in [0, 0.1) is 5.92 Å². The Morgan fingerprint density at radius 3 is 2.61 bits per heavy atom. The van der Waals surface area contributed by atoms with Gasteiger partial charge < -0.3 is 5.43 Å². The molecule has 2 rings (SSSR count). The minimum absolute atomic E-state index is 0.716. The third-order valence-corrected chi connectivity index (χ3v) is 4.01. The van der Waals surface area contributed by atoms with Gasteiger partial charge >= 0.3 is 0 Å². The molecule has 0 aliphatic heterocycles. The number of hydrogen-bond donors (Lipinski definition) is 2. The molecule has 18 heavy (non-hydrogen) atoms. The van der Waals surface area contributed by atoms with E-state index in [-0.39, 0.29) is 0 Å². The second-order valence-corrected chi connectivity index (χ2v) is 5.52. The van der Waals surface area contributed by atoms with Crippen molar-refractivity contribution in [3.05, 3.63) is 23.9 Å². The van der Waals surface area contributed by atoms with E-state index in [1.807, 2.05) is 12.3 Å². The highest BCUT2D eigenvalue weighted by Gasteiger charge is 2.21. The Morgan fingerprint density at radius 1 is 1.33 bits per heavy atom. The van der Waals surface area contributed by atoms with Crippen molar-refractivity contribution in [1.82, 2.24) is 9.88 Å². The number of nitrogens with zero attached hydrogens (tertiary/aromatic N) is 2. The van der Waals surface area contributed by atoms with Crippen LogP contribution in [0.15, 0.2) is 18.3 Å². The molecule has 100 valence electrons. The van der Waals surface area contributed by atoms with Gasteiger partial charge in [-0.2, -0.15) is 0 Å². The molecule has 1 fully saturated rings. The van der Waals surface area contributed by atoms with Crippen molar-refractivity contribution in [3.8, 4) is 0 Å². The zero-order valence-electron chi connectivity index (χ0n) is 11.4. The number of nitrogens with one attached hydrogen (secondary N) is 1. The first-order valence-electron chi connectivity index (χ1n) is 6.81. The highest BCUT2D eigenvalue weighted by atomic mass is 15.2. The summed E-state index contributed by atoms with van der Waals surface area (Å²) >= 11 is 0. The zero-order valence-corrected chi connectivity index (χ0v) is 11.4. The summed E-state index contributed by atoms with van der Waals surface area (Å²) in [5, 5.41) is 0. The first kappa shape index (κ1) is 13.3. The van der Waals surface area contributed by atoms with Gasteiger partial charge in [0.25, 0.3) is 0 Å². The third kappa shape index (κ3) is 3.43. The second kappa shape index (κ2) is 6.16. The molecule has 4 heteroatoms. The van der Waals surface area contributed by atoms with Gasteiger partial charge in [-0.15, -0.1) is 0 Å². The van der Waals surface area contributed by atoms with Gasteiger partial charge in [0.1, 0.15) is 5.82 Å². The van der Waals surface area contributed by atoms with Gasteiger partial charge in [0.15, 0.2) is 0 Å². The van der Waals surface area contributed by atoms with Gasteiger partial charge in [-0.1, -0.05) is 13.0 Å². The van der Waals surface area contributed by atoms with Crippen LogP contribution in [0.3, 0.4) is 0 Å². The zero-order chi connectivity index (χ0) is 13.0. The number of rotatable bonds is 4. The molecule has 1 aliphatic carbocycles. The molecule has 0 amide bonds. The molecule has 0 radical (unpaired) electrons. The van der Waals surface area contributed by atoms with Crippen molar-refractivity contribution >= 4 is 5.82 Å². The minimum Gasteiger partial charge on any atom is -0.308 e. The summed E-state index contributed by atoms with van der Waals surface area (Å²) in [5.41, 5.74) is 3.80. The van der Waals surface area contributed by atoms with E-state index in [0.29, 0.717) is 5.82 Å². The summed E-state index contributed by atoms with van der Waals surface area (Å²) in [6.07, 6.45) is 7.28. The Kier molecular flexibility index (Phi) is 4.55. The maximum absolute atomic E-state index is 5.31. The summed E-state index contributed by atoms with van der Waals surface area (Å²) in [7, 11) is 2.22. The molecule has 4 nitrogen and oxygen atoms in total. The predicted octanol–water partition coefficient (Wildman–Crippen LogP) is 2.38. The van der Waals surface area contributed by atoms with E-state index in [9.17, 15) is 0 Å². The van der Waals surface area contributed by atoms with E-state index in [1.54, 1.807) is 0 Å². The number of pyridine rings is 1. The molecule has 3 N–H and O–H groups in total. The number of anilines is 1. The molecule has 0 bridgehead atoms. The Morgan fingerprint density at radius 2 is 2.06 bits per heavy atom. The van der Waals surface area contributed by atoms with E-state index < -0.39 is 0 Å². The van der Waals surface area contributed by atoms with Gasteiger partial charge in [-0.05, 0) is 50.3 Å². The van der Waals surface area contributed by atoms with Gasteiger partial charge in [-0.25, -0.2) is 10.8 Å². The van der Waals surface area contributed by atoms with Crippen LogP contribution in [0.2, 0.25) is 0 Å². The Bertz CT molecular complexity index is 355. The molecule has 1 saturated carbocycles. The fourth-order valence-corrected chi connectivity index (χ4v) is 2.70. The maximum atomic E-state index is 5.31. The van der Waals surface area contributed by atoms with Crippen LogP contribution in [0.5, 0.6) is 0 Å². The van der Waals surface area contributed by atoms with E-state index in [1.165, 1.54) is 31.2 Å². The second-order valence-electron chi connectivity index (χ2n) is 5.52. The number of nitrogens with two attached hydrogens (primary N) is 1. The molecule has 1 aromatic rings. The van der Waals surface area contributed by atoms with Crippen molar-refractivity contribution in [1.29, 1.82) is 0 Å². The van der Waals surface area contributed by atoms with Crippen LogP contribution in [-0.4, -0.2) is 23.0 Å². The standard InChI is InChI=1S/C14H24N4/c1-11-3-6-13(7-4-11)18(2)10-12-5-8-14(17-15)16-9-12/h5,8-9,11,13H,3-4,6-7,10,15H2,1-2H3,(H,16,17). The monoisotopic (exact) mass is 248 g/mol. The topological polar surface area (TPSA) is 54.2 Å². The summed E-state index contributed by atoms with van der Waals surface area (Å²) in [5.74, 6) is 6.93. The quantitative estimate of drug-likeness (QED) is 0.634. The largest absolute Gasteiger partial charge is 0.308 e. The van der Waals surface area contributed by atoms with Crippen molar-refractivity contribution in [2.24, 2.45) is 11.8 Å². The van der Waals surface area contributed by atoms with Crippen LogP contribution in [0.25, 0.3) is 0 Å². The number of nitrogen functional groups attached to an aromatic ring is 1. The number of hydrogen-bond acceptors (Lipinski definition) is 4. The van der Waals surface area contributed by atoms with Crippen LogP contribution in [0.4, 0.5) is 5.82 Å². The van der Waals surface area contributed by atoms with Crippen molar-refractivity contribution in [2.75, 3.05) is 12.5 Å². The lowest BCUT2D eigenvalue weighted by atomic mass is 9.86. The SMILES string of the molecule is CC1CCC(N(C)Cc2ccc(NN)nc2)CC1. The Hall–Kier alpha value is -1.13. The molecule has 1 aliphatic rings. The lowest BCUT2D eigenvalue weighted by Crippen LogP contribution is -2.34. The Balaban J connectivity index is 1.87. The van der Waals surface area contributed by atoms with Crippen LogP contribution >= 0.6 is 0 Å². The van der Waals surface area contributed by atoms with E-state index in [4.69, 9.17) is 5.84 Å². The van der Waals surface area contributed by atoms with Crippen molar-refractivity contribution in [2.45, 2.75) is 45.2 Å². The fourth-order valence-electron chi connectivity index (χ4n) is 2.70. The molecule has 0 aromatic carbocycles. The van der Waals surface area contributed by atoms with Crippen LogP contribution in [-0.2, 0) is 6.54 Å². The third-order valence-electron chi connectivity index (χ3n) is 4.01. The summed E-state index contributed by atoms with van der Waals surface area (Å²) < 4.78 is 0. The molecule has 0 unspecified atom stereocenters. The fraction of sp³-hybridized carbons (Fsp3) is 0.643. The molecule has 0 saturated heterocycles. The van der Waals surface area contributed by atoms with E-state index in [0.717, 1.165) is 18.5 Å². The minimum atomic E-state index is 0.716. The number of hydrazine groups is 1. The molecule has 0 spiro atoms. The summed E-state index contributed by atoms with van der Waals surface area (Å²) in [6.45, 7) is 3.33. The highest BCUT2D eigenvalue weighted by Crippen LogP contribution is 2.27. The molecular formula is C14H24N4. The van der Waals surface area contributed by atoms with Gasteiger partial charge in [0.05, 0.1) is 0 Å². The lowest BCUT2D eigenvalue weighted by Gasteiger charge is -2.33. The lowest BCUT2D eigenvalue weighted by molar-refractivity contribution is 0.164. The molecule has 1 aromatic heterocycles. The van der Waals surface area contributed by atoms with Crippen molar-refractivity contribution < 1.29 is 0 Å². The van der Waals surface area contributed by atoms with Gasteiger partial charge in [-0.3, -0.25) is 4.90 Å². The summed E-state index contributed by atoms with van der Waals surface area (Å²) in [4.78, 5) is 6.70. The first-order chi connectivity index (χ1) is 8.69. The highest BCUT2D eigenvalue weighted by molar-refractivity contribution is 5.33. The summed E-state index contributed by atoms with van der Waals surface area (Å²) in [6, 6.07) is 4.74. The van der Waals surface area contributed by atoms with Crippen LogP contribution < -0.4 is 11.3 Å². The maximum Gasteiger partial charge on any atom is 0.139 e. The number of aromatic nitrogens is 1. The molecule has 0 atom stereocenters. The molecule has 1 heterocycles. The van der Waals surface area contributed by atoms with Gasteiger partial charge in [0.2, 0.25) is 0 Å². The average molecular weight is 248 g/mol. The Labute approximate surface area is 110 Å². The normalized spacial score (nSPS) is 24.2. The van der Waals surface area contributed by atoms with Crippen LogP contribution in [0.1, 0.15) is 38.2 Å². The van der Waals surface area contributed by atoms with E-state index in [2.05, 4.69) is 35.3 Å². The van der Waals surface area contributed by atoms with E-state index >= 15 is 0 Å². The average Bonchev–Trinajstić information content (AvgIpc) is 2.40. The smallest absolute Gasteiger partial charge is 0.139 e. The van der Waals surface area contributed by atoms with Gasteiger partial charge in [0, 0.05) is 18.8 Å². The predicted molar refractivity (Wildman–Crippen MR) is 74.9 cm³/mol. The molecular weight excluding hydrogens is 224 g/mol.